The van der Waals surface area contributed by atoms with Crippen molar-refractivity contribution in [2.45, 2.75) is 0 Å². The summed E-state index contributed by atoms with van der Waals surface area (Å²) in [4.78, 5) is 0. The van der Waals surface area contributed by atoms with Gasteiger partial charge in [-0.3, -0.25) is 10.8 Å². The van der Waals surface area contributed by atoms with Crippen molar-refractivity contribution < 1.29 is 0 Å². The summed E-state index contributed by atoms with van der Waals surface area (Å²) in [6, 6.07) is 15.9. The minimum Gasteiger partial charge on any atom is -0.369 e. The van der Waals surface area contributed by atoms with Crippen LogP contribution in [0.3, 0.4) is 0 Å². The first-order valence-corrected chi connectivity index (χ1v) is 8.57. The molecule has 0 amide bonds. The first kappa shape index (κ1) is 18.8. The minimum atomic E-state index is -0.138. The predicted molar refractivity (Wildman–Crippen MR) is 116 cm³/mol. The highest BCUT2D eigenvalue weighted by Crippen LogP contribution is 2.31. The number of fused-ring (bicyclic) bond motifs is 2. The van der Waals surface area contributed by atoms with Gasteiger partial charge in [-0.2, -0.15) is 10.2 Å². The van der Waals surface area contributed by atoms with Crippen LogP contribution in [0, 0.1) is 10.8 Å². The van der Waals surface area contributed by atoms with E-state index in [1.165, 1.54) is 10.0 Å². The smallest absolute Gasteiger partial charge is 0.208 e. The van der Waals surface area contributed by atoms with E-state index in [9.17, 15) is 0 Å². The third-order valence-electron chi connectivity index (χ3n) is 4.43. The topological polar surface area (TPSA) is 131 Å². The predicted octanol–water partition coefficient (Wildman–Crippen LogP) is 2.31. The molecule has 0 aromatic heterocycles. The number of hydrogen-bond donors (Lipinski definition) is 4. The summed E-state index contributed by atoms with van der Waals surface area (Å²) in [7, 11) is 3.25. The Bertz CT molecular complexity index is 971. The maximum atomic E-state index is 7.50. The highest BCUT2D eigenvalue weighted by atomic mass is 15.5. The number of guanidine groups is 2. The molecule has 142 valence electrons. The van der Waals surface area contributed by atoms with Crippen LogP contribution < -0.4 is 11.5 Å². The molecule has 0 unspecified atom stereocenters. The number of rotatable bonds is 4. The van der Waals surface area contributed by atoms with Gasteiger partial charge in [-0.1, -0.05) is 48.5 Å². The van der Waals surface area contributed by atoms with Crippen LogP contribution in [-0.2, 0) is 0 Å². The van der Waals surface area contributed by atoms with Crippen molar-refractivity contribution in [3.63, 3.8) is 0 Å². The molecular formula is C20H22N8. The van der Waals surface area contributed by atoms with Crippen molar-refractivity contribution in [1.82, 2.24) is 10.0 Å². The maximum absolute atomic E-state index is 7.50. The standard InChI is InChI=1S/C20H22N8/c1-27(19(21)22)25-11-17-13-7-3-5-9-15(13)18(12-26-28(2)20(23)24)16-10-6-4-8-14(16)17/h3-12H,1-2H3,(H3,21,22)(H3,23,24). The Hall–Kier alpha value is -3.94. The van der Waals surface area contributed by atoms with Crippen LogP contribution in [0.4, 0.5) is 0 Å². The van der Waals surface area contributed by atoms with Crippen LogP contribution >= 0.6 is 0 Å². The summed E-state index contributed by atoms with van der Waals surface area (Å²) in [6.45, 7) is 0. The van der Waals surface area contributed by atoms with Crippen LogP contribution in [0.15, 0.2) is 58.7 Å². The highest BCUT2D eigenvalue weighted by Gasteiger charge is 2.12. The molecule has 0 aliphatic heterocycles. The maximum Gasteiger partial charge on any atom is 0.208 e. The first-order chi connectivity index (χ1) is 13.4. The average molecular weight is 374 g/mol. The van der Waals surface area contributed by atoms with E-state index in [1.54, 1.807) is 26.5 Å². The molecule has 0 saturated carbocycles. The molecule has 0 heterocycles. The van der Waals surface area contributed by atoms with Gasteiger partial charge < -0.3 is 11.5 Å². The van der Waals surface area contributed by atoms with E-state index in [-0.39, 0.29) is 11.9 Å². The minimum absolute atomic E-state index is 0.138. The number of hydrogen-bond acceptors (Lipinski definition) is 4. The fraction of sp³-hybridized carbons (Fsp3) is 0.100. The molecule has 0 saturated heterocycles. The van der Waals surface area contributed by atoms with E-state index < -0.39 is 0 Å². The molecular weight excluding hydrogens is 352 g/mol. The average Bonchev–Trinajstić information content (AvgIpc) is 2.69. The van der Waals surface area contributed by atoms with Crippen molar-refractivity contribution in [2.75, 3.05) is 14.1 Å². The van der Waals surface area contributed by atoms with Crippen LogP contribution in [0.5, 0.6) is 0 Å². The Morgan fingerprint density at radius 3 is 1.25 bits per heavy atom. The van der Waals surface area contributed by atoms with Crippen LogP contribution in [0.2, 0.25) is 0 Å². The Balaban J connectivity index is 2.30. The monoisotopic (exact) mass is 374 g/mol. The lowest BCUT2D eigenvalue weighted by Crippen LogP contribution is -2.28. The lowest BCUT2D eigenvalue weighted by atomic mass is 9.92. The van der Waals surface area contributed by atoms with Gasteiger partial charge >= 0.3 is 0 Å². The third-order valence-corrected chi connectivity index (χ3v) is 4.43. The molecule has 0 bridgehead atoms. The van der Waals surface area contributed by atoms with Crippen molar-refractivity contribution in [2.24, 2.45) is 21.7 Å². The largest absolute Gasteiger partial charge is 0.369 e. The summed E-state index contributed by atoms with van der Waals surface area (Å²) >= 11 is 0. The summed E-state index contributed by atoms with van der Waals surface area (Å²) in [5.41, 5.74) is 12.8. The van der Waals surface area contributed by atoms with Crippen molar-refractivity contribution >= 4 is 45.9 Å². The van der Waals surface area contributed by atoms with Gasteiger partial charge in [-0.15, -0.1) is 0 Å². The fourth-order valence-electron chi connectivity index (χ4n) is 2.89. The summed E-state index contributed by atoms with van der Waals surface area (Å²) in [6.07, 6.45) is 3.43. The second-order valence-electron chi connectivity index (χ2n) is 6.23. The molecule has 0 aliphatic rings. The number of nitrogens with two attached hydrogens (primary N) is 2. The Kier molecular flexibility index (Phi) is 5.21. The molecule has 0 radical (unpaired) electrons. The van der Waals surface area contributed by atoms with Gasteiger partial charge in [-0.25, -0.2) is 10.0 Å². The lowest BCUT2D eigenvalue weighted by molar-refractivity contribution is 0.536. The Morgan fingerprint density at radius 1 is 0.714 bits per heavy atom. The molecule has 0 fully saturated rings. The highest BCUT2D eigenvalue weighted by molar-refractivity contribution is 6.21. The third kappa shape index (κ3) is 3.61. The van der Waals surface area contributed by atoms with Gasteiger partial charge in [0.05, 0.1) is 12.4 Å². The van der Waals surface area contributed by atoms with Gasteiger partial charge in [0.2, 0.25) is 11.9 Å². The first-order valence-electron chi connectivity index (χ1n) is 8.57. The van der Waals surface area contributed by atoms with E-state index in [1.807, 2.05) is 48.5 Å². The zero-order chi connectivity index (χ0) is 20.3. The van der Waals surface area contributed by atoms with Crippen molar-refractivity contribution in [1.29, 1.82) is 10.8 Å². The number of hydrazone groups is 2. The molecule has 0 atom stereocenters. The van der Waals surface area contributed by atoms with E-state index in [2.05, 4.69) is 10.2 Å². The molecule has 8 heteroatoms. The van der Waals surface area contributed by atoms with Crippen molar-refractivity contribution in [3.05, 3.63) is 59.7 Å². The molecule has 0 aliphatic carbocycles. The lowest BCUT2D eigenvalue weighted by Gasteiger charge is -2.14. The summed E-state index contributed by atoms with van der Waals surface area (Å²) in [5, 5.41) is 30.2. The van der Waals surface area contributed by atoms with Crippen LogP contribution in [0.25, 0.3) is 21.5 Å². The second-order valence-corrected chi connectivity index (χ2v) is 6.23. The number of benzene rings is 3. The fourth-order valence-corrected chi connectivity index (χ4v) is 2.89. The Morgan fingerprint density at radius 2 is 1.00 bits per heavy atom. The Labute approximate surface area is 162 Å². The van der Waals surface area contributed by atoms with E-state index in [0.717, 1.165) is 32.7 Å². The normalized spacial score (nSPS) is 11.5. The molecule has 3 aromatic rings. The summed E-state index contributed by atoms with van der Waals surface area (Å²) in [5.74, 6) is -0.276. The summed E-state index contributed by atoms with van der Waals surface area (Å²) < 4.78 is 0. The van der Waals surface area contributed by atoms with E-state index in [4.69, 9.17) is 22.3 Å². The molecule has 3 rings (SSSR count). The zero-order valence-corrected chi connectivity index (χ0v) is 15.7. The van der Waals surface area contributed by atoms with Crippen LogP contribution in [-0.4, -0.2) is 48.5 Å². The van der Waals surface area contributed by atoms with Gasteiger partial charge in [0.15, 0.2) is 0 Å². The van der Waals surface area contributed by atoms with E-state index >= 15 is 0 Å². The van der Waals surface area contributed by atoms with Gasteiger partial charge in [0.25, 0.3) is 0 Å². The molecule has 3 aromatic carbocycles. The van der Waals surface area contributed by atoms with Gasteiger partial charge in [0.1, 0.15) is 0 Å². The van der Waals surface area contributed by atoms with Crippen LogP contribution in [0.1, 0.15) is 11.1 Å². The van der Waals surface area contributed by atoms with Gasteiger partial charge in [0, 0.05) is 25.2 Å². The molecule has 8 nitrogen and oxygen atoms in total. The quantitative estimate of drug-likeness (QED) is 0.241. The van der Waals surface area contributed by atoms with E-state index in [0.29, 0.717) is 0 Å². The molecule has 6 N–H and O–H groups in total. The number of nitrogens with zero attached hydrogens (tertiary/aromatic N) is 4. The SMILES string of the molecule is CN(N=Cc1c2ccccc2c(C=NN(C)C(=N)N)c2ccccc12)C(=N)N. The molecule has 28 heavy (non-hydrogen) atoms. The molecule has 0 spiro atoms. The van der Waals surface area contributed by atoms with Crippen molar-refractivity contribution in [3.8, 4) is 0 Å². The zero-order valence-electron chi connectivity index (χ0n) is 15.7. The second kappa shape index (κ2) is 7.75. The number of nitrogens with one attached hydrogen (secondary N) is 2. The van der Waals surface area contributed by atoms with Gasteiger partial charge in [-0.05, 0) is 21.5 Å².